The van der Waals surface area contributed by atoms with Crippen LogP contribution >= 0.6 is 0 Å². The Hall–Kier alpha value is -1.90. The van der Waals surface area contributed by atoms with Crippen molar-refractivity contribution in [2.24, 2.45) is 0 Å². The summed E-state index contributed by atoms with van der Waals surface area (Å²) in [5.74, 6) is 5.12. The van der Waals surface area contributed by atoms with Crippen LogP contribution in [0.5, 0.6) is 0 Å². The smallest absolute Gasteiger partial charge is 0.253 e. The molecule has 0 aromatic carbocycles. The topological polar surface area (TPSA) is 71.5 Å². The molecule has 2 heterocycles. The maximum atomic E-state index is 12.2. The number of amides is 1. The van der Waals surface area contributed by atoms with E-state index in [2.05, 4.69) is 22.1 Å². The second kappa shape index (κ2) is 7.04. The van der Waals surface area contributed by atoms with Crippen molar-refractivity contribution >= 4 is 5.91 Å². The molecule has 106 valence electrons. The number of hydrogen-bond acceptors (Lipinski definition) is 4. The van der Waals surface area contributed by atoms with Gasteiger partial charge in [-0.2, -0.15) is 0 Å². The van der Waals surface area contributed by atoms with Crippen LogP contribution in [0.3, 0.4) is 0 Å². The molecule has 1 aliphatic rings. The predicted molar refractivity (Wildman–Crippen MR) is 74.1 cm³/mol. The van der Waals surface area contributed by atoms with Gasteiger partial charge in [-0.05, 0) is 25.8 Å². The van der Waals surface area contributed by atoms with Crippen molar-refractivity contribution in [2.45, 2.75) is 31.9 Å². The fourth-order valence-corrected chi connectivity index (χ4v) is 2.17. The Kier molecular flexibility index (Phi) is 5.10. The molecule has 1 aromatic rings. The summed E-state index contributed by atoms with van der Waals surface area (Å²) in [5, 5.41) is 11.7. The zero-order valence-corrected chi connectivity index (χ0v) is 11.4. The molecule has 20 heavy (non-hydrogen) atoms. The Labute approximate surface area is 118 Å². The van der Waals surface area contributed by atoms with Crippen molar-refractivity contribution in [2.75, 3.05) is 13.2 Å². The summed E-state index contributed by atoms with van der Waals surface area (Å²) in [6.45, 7) is 2.47. The van der Waals surface area contributed by atoms with Crippen molar-refractivity contribution in [3.05, 3.63) is 29.6 Å². The van der Waals surface area contributed by atoms with E-state index in [4.69, 9.17) is 9.84 Å². The van der Waals surface area contributed by atoms with Crippen LogP contribution in [-0.2, 0) is 4.74 Å². The summed E-state index contributed by atoms with van der Waals surface area (Å²) in [5.41, 5.74) is 1.10. The SMILES string of the molecule is CC1CC(NC(=O)c2cncc(C#CCO)c2)CCO1. The van der Waals surface area contributed by atoms with Crippen LogP contribution in [0.15, 0.2) is 18.5 Å². The fourth-order valence-electron chi connectivity index (χ4n) is 2.17. The van der Waals surface area contributed by atoms with Gasteiger partial charge in [0.05, 0.1) is 11.7 Å². The summed E-state index contributed by atoms with van der Waals surface area (Å²) in [6, 6.07) is 1.81. The minimum atomic E-state index is -0.212. The van der Waals surface area contributed by atoms with Gasteiger partial charge in [0.2, 0.25) is 0 Å². The minimum Gasteiger partial charge on any atom is -0.384 e. The normalized spacial score (nSPS) is 21.7. The van der Waals surface area contributed by atoms with Gasteiger partial charge in [0, 0.05) is 30.6 Å². The molecule has 0 bridgehead atoms. The van der Waals surface area contributed by atoms with Gasteiger partial charge < -0.3 is 15.2 Å². The zero-order chi connectivity index (χ0) is 14.4. The van der Waals surface area contributed by atoms with Gasteiger partial charge in [-0.25, -0.2) is 0 Å². The van der Waals surface area contributed by atoms with Crippen LogP contribution < -0.4 is 5.32 Å². The quantitative estimate of drug-likeness (QED) is 0.780. The summed E-state index contributed by atoms with van der Waals surface area (Å²) in [6.07, 6.45) is 4.91. The Morgan fingerprint density at radius 3 is 3.20 bits per heavy atom. The summed E-state index contributed by atoms with van der Waals surface area (Å²) in [7, 11) is 0. The average molecular weight is 274 g/mol. The number of aromatic nitrogens is 1. The standard InChI is InChI=1S/C15H18N2O3/c1-11-7-14(4-6-20-11)17-15(19)13-8-12(3-2-5-18)9-16-10-13/h8-11,14,18H,4-7H2,1H3,(H,17,19). The number of nitrogens with one attached hydrogen (secondary N) is 1. The van der Waals surface area contributed by atoms with Crippen LogP contribution in [0.2, 0.25) is 0 Å². The van der Waals surface area contributed by atoms with Gasteiger partial charge in [0.1, 0.15) is 6.61 Å². The van der Waals surface area contributed by atoms with Gasteiger partial charge in [-0.15, -0.1) is 0 Å². The summed E-state index contributed by atoms with van der Waals surface area (Å²) >= 11 is 0. The molecular weight excluding hydrogens is 256 g/mol. The Morgan fingerprint density at radius 1 is 1.60 bits per heavy atom. The molecule has 0 radical (unpaired) electrons. The van der Waals surface area contributed by atoms with Gasteiger partial charge >= 0.3 is 0 Å². The van der Waals surface area contributed by atoms with Gasteiger partial charge in [-0.3, -0.25) is 9.78 Å². The van der Waals surface area contributed by atoms with Crippen LogP contribution in [0.25, 0.3) is 0 Å². The van der Waals surface area contributed by atoms with Crippen LogP contribution in [0.4, 0.5) is 0 Å². The first-order chi connectivity index (χ1) is 9.69. The van der Waals surface area contributed by atoms with Gasteiger partial charge in [0.25, 0.3) is 5.91 Å². The number of aliphatic hydroxyl groups excluding tert-OH is 1. The molecule has 1 saturated heterocycles. The molecule has 0 spiro atoms. The van der Waals surface area contributed by atoms with Gasteiger partial charge in [0.15, 0.2) is 0 Å². The van der Waals surface area contributed by atoms with Crippen LogP contribution in [0.1, 0.15) is 35.7 Å². The third-order valence-electron chi connectivity index (χ3n) is 3.13. The first-order valence-corrected chi connectivity index (χ1v) is 6.66. The molecule has 5 heteroatoms. The molecule has 0 aliphatic carbocycles. The minimum absolute atomic E-state index is 0.137. The molecule has 2 unspecified atom stereocenters. The van der Waals surface area contributed by atoms with Crippen molar-refractivity contribution in [3.8, 4) is 11.8 Å². The molecule has 2 atom stereocenters. The van der Waals surface area contributed by atoms with E-state index in [1.165, 1.54) is 6.20 Å². The third kappa shape index (κ3) is 4.05. The fraction of sp³-hybridized carbons (Fsp3) is 0.467. The number of carbonyl (C=O) groups excluding carboxylic acids is 1. The predicted octanol–water partition coefficient (Wildman–Crippen LogP) is 0.723. The van der Waals surface area contributed by atoms with E-state index < -0.39 is 0 Å². The Bertz CT molecular complexity index is 533. The lowest BCUT2D eigenvalue weighted by Crippen LogP contribution is -2.41. The number of carbonyl (C=O) groups is 1. The summed E-state index contributed by atoms with van der Waals surface area (Å²) in [4.78, 5) is 16.2. The number of ether oxygens (including phenoxy) is 1. The monoisotopic (exact) mass is 274 g/mol. The van der Waals surface area contributed by atoms with Gasteiger partial charge in [-0.1, -0.05) is 11.8 Å². The van der Waals surface area contributed by atoms with Crippen molar-refractivity contribution in [1.82, 2.24) is 10.3 Å². The molecule has 1 fully saturated rings. The second-order valence-electron chi connectivity index (χ2n) is 4.80. The van der Waals surface area contributed by atoms with Crippen molar-refractivity contribution in [1.29, 1.82) is 0 Å². The first-order valence-electron chi connectivity index (χ1n) is 6.66. The molecule has 5 nitrogen and oxygen atoms in total. The van der Waals surface area contributed by atoms with E-state index in [1.54, 1.807) is 12.3 Å². The molecule has 1 aliphatic heterocycles. The van der Waals surface area contributed by atoms with Crippen molar-refractivity contribution < 1.29 is 14.6 Å². The number of hydrogen-bond donors (Lipinski definition) is 2. The lowest BCUT2D eigenvalue weighted by Gasteiger charge is -2.27. The van der Waals surface area contributed by atoms with E-state index >= 15 is 0 Å². The number of pyridine rings is 1. The summed E-state index contributed by atoms with van der Waals surface area (Å²) < 4.78 is 5.45. The van der Waals surface area contributed by atoms with Crippen LogP contribution in [0, 0.1) is 11.8 Å². The molecule has 2 rings (SSSR count). The van der Waals surface area contributed by atoms with Crippen LogP contribution in [-0.4, -0.2) is 41.4 Å². The van der Waals surface area contributed by atoms with E-state index in [0.717, 1.165) is 12.8 Å². The number of aliphatic hydroxyl groups is 1. The Morgan fingerprint density at radius 2 is 2.45 bits per heavy atom. The number of rotatable bonds is 2. The lowest BCUT2D eigenvalue weighted by atomic mass is 10.0. The van der Waals surface area contributed by atoms with Crippen molar-refractivity contribution in [3.63, 3.8) is 0 Å². The Balaban J connectivity index is 2.01. The maximum Gasteiger partial charge on any atom is 0.253 e. The van der Waals surface area contributed by atoms with E-state index in [1.807, 2.05) is 6.92 Å². The average Bonchev–Trinajstić information content (AvgIpc) is 2.45. The second-order valence-corrected chi connectivity index (χ2v) is 4.80. The van der Waals surface area contributed by atoms with E-state index in [-0.39, 0.29) is 24.7 Å². The molecular formula is C15H18N2O3. The largest absolute Gasteiger partial charge is 0.384 e. The molecule has 1 aromatic heterocycles. The lowest BCUT2D eigenvalue weighted by molar-refractivity contribution is 0.0136. The number of nitrogens with zero attached hydrogens (tertiary/aromatic N) is 1. The molecule has 0 saturated carbocycles. The highest BCUT2D eigenvalue weighted by molar-refractivity contribution is 5.94. The zero-order valence-electron chi connectivity index (χ0n) is 11.4. The van der Waals surface area contributed by atoms with E-state index in [9.17, 15) is 4.79 Å². The first kappa shape index (κ1) is 14.5. The third-order valence-corrected chi connectivity index (χ3v) is 3.13. The molecule has 1 amide bonds. The highest BCUT2D eigenvalue weighted by Crippen LogP contribution is 2.14. The maximum absolute atomic E-state index is 12.2. The highest BCUT2D eigenvalue weighted by atomic mass is 16.5. The highest BCUT2D eigenvalue weighted by Gasteiger charge is 2.21. The van der Waals surface area contributed by atoms with E-state index in [0.29, 0.717) is 17.7 Å². The molecule has 2 N–H and O–H groups in total.